The summed E-state index contributed by atoms with van der Waals surface area (Å²) in [5, 5.41) is 17.7. The van der Waals surface area contributed by atoms with Crippen molar-refractivity contribution in [1.82, 2.24) is 0 Å². The van der Waals surface area contributed by atoms with E-state index < -0.39 is 11.9 Å². The topological polar surface area (TPSA) is 91.6 Å². The third kappa shape index (κ3) is 6.91. The fourth-order valence-corrected chi connectivity index (χ4v) is 3.07. The molecule has 7 heteroatoms. The highest BCUT2D eigenvalue weighted by Gasteiger charge is 2.17. The molecule has 2 aromatic rings. The number of aromatic carboxylic acids is 1. The summed E-state index contributed by atoms with van der Waals surface area (Å²) in [6.45, 7) is 4.60. The molecule has 0 aliphatic carbocycles. The summed E-state index contributed by atoms with van der Waals surface area (Å²) in [5.74, 6) is -1.22. The van der Waals surface area contributed by atoms with Gasteiger partial charge < -0.3 is 14.7 Å². The zero-order valence-electron chi connectivity index (χ0n) is 18.7. The number of benzene rings is 2. The molecular weight excluding hydrogens is 394 g/mol. The quantitative estimate of drug-likeness (QED) is 0.340. The molecular formula is C24H31N3O4. The third-order valence-electron chi connectivity index (χ3n) is 5.11. The van der Waals surface area contributed by atoms with Crippen molar-refractivity contribution in [3.63, 3.8) is 0 Å². The highest BCUT2D eigenvalue weighted by molar-refractivity contribution is 5.96. The van der Waals surface area contributed by atoms with E-state index in [1.165, 1.54) is 6.07 Å². The van der Waals surface area contributed by atoms with E-state index in [9.17, 15) is 14.7 Å². The van der Waals surface area contributed by atoms with Crippen molar-refractivity contribution in [3.05, 3.63) is 53.6 Å². The van der Waals surface area contributed by atoms with E-state index in [-0.39, 0.29) is 11.3 Å². The summed E-state index contributed by atoms with van der Waals surface area (Å²) >= 11 is 0. The molecule has 0 aliphatic heterocycles. The van der Waals surface area contributed by atoms with Crippen molar-refractivity contribution in [2.24, 2.45) is 16.1 Å². The van der Waals surface area contributed by atoms with Gasteiger partial charge in [-0.1, -0.05) is 45.2 Å². The first-order chi connectivity index (χ1) is 14.9. The highest BCUT2D eigenvalue weighted by Crippen LogP contribution is 2.29. The molecule has 0 heterocycles. The van der Waals surface area contributed by atoms with Gasteiger partial charge in [-0.15, -0.1) is 10.2 Å². The molecule has 0 fully saturated rings. The molecule has 0 bridgehead atoms. The number of rotatable bonds is 11. The van der Waals surface area contributed by atoms with Gasteiger partial charge >= 0.3 is 11.9 Å². The fraction of sp³-hybridized carbons (Fsp3) is 0.417. The maximum absolute atomic E-state index is 12.8. The molecule has 2 rings (SSSR count). The molecule has 0 saturated carbocycles. The number of hydrogen-bond donors (Lipinski definition) is 1. The molecule has 7 nitrogen and oxygen atoms in total. The maximum atomic E-state index is 12.8. The average Bonchev–Trinajstić information content (AvgIpc) is 2.77. The molecule has 1 N–H and O–H groups in total. The van der Waals surface area contributed by atoms with Crippen LogP contribution in [-0.4, -0.2) is 37.7 Å². The van der Waals surface area contributed by atoms with E-state index in [2.05, 4.69) is 24.1 Å². The SMILES string of the molecule is CCCCC(CC)COC(=O)c1ccc(N(C)C)cc1N=Nc1ccccc1C(=O)O. The number of carboxylic acids is 1. The van der Waals surface area contributed by atoms with Crippen LogP contribution in [0.5, 0.6) is 0 Å². The molecule has 0 spiro atoms. The van der Waals surface area contributed by atoms with Crippen molar-refractivity contribution in [2.75, 3.05) is 25.6 Å². The first-order valence-corrected chi connectivity index (χ1v) is 10.6. The van der Waals surface area contributed by atoms with Crippen LogP contribution < -0.4 is 4.90 Å². The minimum Gasteiger partial charge on any atom is -0.478 e. The summed E-state index contributed by atoms with van der Waals surface area (Å²) in [7, 11) is 3.76. The number of nitrogens with zero attached hydrogens (tertiary/aromatic N) is 3. The molecule has 0 aliphatic rings. The average molecular weight is 426 g/mol. The predicted octanol–water partition coefficient (Wildman–Crippen LogP) is 6.24. The highest BCUT2D eigenvalue weighted by atomic mass is 16.5. The number of anilines is 1. The number of unbranched alkanes of at least 4 members (excludes halogenated alkanes) is 1. The Balaban J connectivity index is 2.30. The van der Waals surface area contributed by atoms with Crippen LogP contribution in [0.2, 0.25) is 0 Å². The minimum atomic E-state index is -1.09. The van der Waals surface area contributed by atoms with Crippen molar-refractivity contribution in [2.45, 2.75) is 39.5 Å². The lowest BCUT2D eigenvalue weighted by atomic mass is 10.0. The zero-order chi connectivity index (χ0) is 22.8. The van der Waals surface area contributed by atoms with E-state index in [4.69, 9.17) is 4.74 Å². The van der Waals surface area contributed by atoms with Gasteiger partial charge in [0.15, 0.2) is 0 Å². The van der Waals surface area contributed by atoms with Crippen LogP contribution in [0.3, 0.4) is 0 Å². The molecule has 0 aromatic heterocycles. The van der Waals surface area contributed by atoms with Crippen LogP contribution in [0.15, 0.2) is 52.7 Å². The van der Waals surface area contributed by atoms with Crippen LogP contribution in [0.4, 0.5) is 17.1 Å². The summed E-state index contributed by atoms with van der Waals surface area (Å²) in [6, 6.07) is 11.6. The third-order valence-corrected chi connectivity index (χ3v) is 5.11. The monoisotopic (exact) mass is 425 g/mol. The first kappa shape index (κ1) is 24.1. The van der Waals surface area contributed by atoms with Gasteiger partial charge in [-0.3, -0.25) is 0 Å². The van der Waals surface area contributed by atoms with E-state index in [0.717, 1.165) is 31.4 Å². The van der Waals surface area contributed by atoms with Crippen LogP contribution in [-0.2, 0) is 4.74 Å². The standard InChI is InChI=1S/C24H31N3O4/c1-5-7-10-17(6-2)16-31-24(30)20-14-13-18(27(3)4)15-22(20)26-25-21-12-9-8-11-19(21)23(28)29/h8-9,11-15,17H,5-7,10,16H2,1-4H3,(H,28,29). The normalized spacial score (nSPS) is 12.0. The first-order valence-electron chi connectivity index (χ1n) is 10.6. The van der Waals surface area contributed by atoms with E-state index in [1.807, 2.05) is 25.1 Å². The van der Waals surface area contributed by atoms with Crippen LogP contribution in [0.25, 0.3) is 0 Å². The Bertz CT molecular complexity index is 925. The second-order valence-corrected chi connectivity index (χ2v) is 7.63. The minimum absolute atomic E-state index is 0.0425. The Hall–Kier alpha value is -3.22. The van der Waals surface area contributed by atoms with E-state index in [1.54, 1.807) is 30.3 Å². The fourth-order valence-electron chi connectivity index (χ4n) is 3.07. The smallest absolute Gasteiger partial charge is 0.340 e. The zero-order valence-corrected chi connectivity index (χ0v) is 18.7. The molecule has 0 amide bonds. The number of hydrogen-bond acceptors (Lipinski definition) is 6. The molecule has 0 radical (unpaired) electrons. The van der Waals surface area contributed by atoms with E-state index in [0.29, 0.717) is 23.8 Å². The predicted molar refractivity (Wildman–Crippen MR) is 122 cm³/mol. The van der Waals surface area contributed by atoms with Crippen LogP contribution in [0, 0.1) is 5.92 Å². The Kier molecular flexibility index (Phi) is 9.18. The lowest BCUT2D eigenvalue weighted by molar-refractivity contribution is 0.0429. The largest absolute Gasteiger partial charge is 0.478 e. The van der Waals surface area contributed by atoms with Gasteiger partial charge in [-0.2, -0.15) is 0 Å². The van der Waals surface area contributed by atoms with Gasteiger partial charge in [0, 0.05) is 19.8 Å². The number of ether oxygens (including phenoxy) is 1. The molecule has 31 heavy (non-hydrogen) atoms. The van der Waals surface area contributed by atoms with Gasteiger partial charge in [0.2, 0.25) is 0 Å². The Morgan fingerprint density at radius 1 is 1.03 bits per heavy atom. The molecule has 0 saturated heterocycles. The van der Waals surface area contributed by atoms with Crippen molar-refractivity contribution >= 4 is 29.0 Å². The van der Waals surface area contributed by atoms with Crippen molar-refractivity contribution in [1.29, 1.82) is 0 Å². The van der Waals surface area contributed by atoms with Gasteiger partial charge in [0.05, 0.1) is 17.7 Å². The number of azo groups is 1. The van der Waals surface area contributed by atoms with Gasteiger partial charge in [-0.25, -0.2) is 9.59 Å². The Morgan fingerprint density at radius 3 is 2.39 bits per heavy atom. The van der Waals surface area contributed by atoms with Gasteiger partial charge in [0.1, 0.15) is 11.4 Å². The number of carbonyl (C=O) groups excluding carboxylic acids is 1. The summed E-state index contributed by atoms with van der Waals surface area (Å²) in [6.07, 6.45) is 4.19. The number of esters is 1. The summed E-state index contributed by atoms with van der Waals surface area (Å²) in [4.78, 5) is 26.1. The number of carbonyl (C=O) groups is 2. The summed E-state index contributed by atoms with van der Waals surface area (Å²) < 4.78 is 5.58. The Morgan fingerprint density at radius 2 is 1.74 bits per heavy atom. The maximum Gasteiger partial charge on any atom is 0.340 e. The van der Waals surface area contributed by atoms with Crippen molar-refractivity contribution in [3.8, 4) is 0 Å². The Labute approximate surface area is 183 Å². The number of carboxylic acid groups (broad SMARTS) is 1. The molecule has 1 unspecified atom stereocenters. The lowest BCUT2D eigenvalue weighted by Crippen LogP contribution is -2.15. The molecule has 1 atom stereocenters. The molecule has 2 aromatic carbocycles. The van der Waals surface area contributed by atoms with Crippen LogP contribution >= 0.6 is 0 Å². The molecule has 166 valence electrons. The van der Waals surface area contributed by atoms with Gasteiger partial charge in [0.25, 0.3) is 0 Å². The van der Waals surface area contributed by atoms with Crippen LogP contribution in [0.1, 0.15) is 60.2 Å². The second-order valence-electron chi connectivity index (χ2n) is 7.63. The van der Waals surface area contributed by atoms with E-state index >= 15 is 0 Å². The lowest BCUT2D eigenvalue weighted by Gasteiger charge is -2.16. The summed E-state index contributed by atoms with van der Waals surface area (Å²) in [5.41, 5.74) is 1.73. The van der Waals surface area contributed by atoms with Crippen molar-refractivity contribution < 1.29 is 19.4 Å². The second kappa shape index (κ2) is 11.8. The van der Waals surface area contributed by atoms with Gasteiger partial charge in [-0.05, 0) is 42.7 Å².